The van der Waals surface area contributed by atoms with Crippen LogP contribution in [-0.2, 0) is 4.74 Å². The maximum absolute atomic E-state index is 6.17. The van der Waals surface area contributed by atoms with Crippen molar-refractivity contribution in [3.8, 4) is 17.2 Å². The molecule has 1 saturated heterocycles. The molecule has 8 nitrogen and oxygen atoms in total. The molecule has 1 fully saturated rings. The molecule has 1 heterocycles. The van der Waals surface area contributed by atoms with E-state index in [4.69, 9.17) is 24.7 Å². The van der Waals surface area contributed by atoms with Crippen LogP contribution in [-0.4, -0.2) is 65.0 Å². The van der Waals surface area contributed by atoms with Crippen molar-refractivity contribution in [2.45, 2.75) is 6.04 Å². The molecule has 0 saturated carbocycles. The van der Waals surface area contributed by atoms with Crippen molar-refractivity contribution in [1.82, 2.24) is 4.90 Å². The number of guanidine groups is 1. The van der Waals surface area contributed by atoms with Crippen LogP contribution in [0.15, 0.2) is 47.5 Å². The highest BCUT2D eigenvalue weighted by Crippen LogP contribution is 2.30. The lowest BCUT2D eigenvalue weighted by atomic mass is 10.0. The highest BCUT2D eigenvalue weighted by Gasteiger charge is 2.22. The summed E-state index contributed by atoms with van der Waals surface area (Å²) in [7, 11) is 4.87. The molecule has 0 radical (unpaired) electrons. The average Bonchev–Trinajstić information content (AvgIpc) is 2.80. The molecular formula is C22H31IN4O4. The van der Waals surface area contributed by atoms with Crippen LogP contribution in [0.3, 0.4) is 0 Å². The molecule has 3 rings (SSSR count). The number of nitrogens with zero attached hydrogens (tertiary/aromatic N) is 2. The van der Waals surface area contributed by atoms with Gasteiger partial charge in [-0.15, -0.1) is 24.0 Å². The lowest BCUT2D eigenvalue weighted by molar-refractivity contribution is 0.0180. The minimum atomic E-state index is 0. The normalized spacial score (nSPS) is 15.5. The Kier molecular flexibility index (Phi) is 10.2. The minimum absolute atomic E-state index is 0. The van der Waals surface area contributed by atoms with E-state index in [1.807, 2.05) is 30.3 Å². The quantitative estimate of drug-likeness (QED) is 0.301. The smallest absolute Gasteiger partial charge is 0.193 e. The van der Waals surface area contributed by atoms with Gasteiger partial charge in [-0.25, -0.2) is 0 Å². The highest BCUT2D eigenvalue weighted by molar-refractivity contribution is 14.0. The van der Waals surface area contributed by atoms with E-state index in [-0.39, 0.29) is 30.0 Å². The molecule has 0 bridgehead atoms. The zero-order valence-electron chi connectivity index (χ0n) is 18.2. The molecule has 0 aliphatic carbocycles. The van der Waals surface area contributed by atoms with E-state index < -0.39 is 0 Å². The number of anilines is 1. The Labute approximate surface area is 200 Å². The monoisotopic (exact) mass is 542 g/mol. The lowest BCUT2D eigenvalue weighted by Gasteiger charge is -2.34. The second-order valence-electron chi connectivity index (χ2n) is 6.86. The number of methoxy groups -OCH3 is 3. The Morgan fingerprint density at radius 2 is 1.71 bits per heavy atom. The SMILES string of the molecule is COc1ccc(C(CN=C(N)Nc2ccc(OC)c(OC)c2)N2CCOCC2)cc1.I. The molecule has 170 valence electrons. The molecule has 2 aromatic rings. The van der Waals surface area contributed by atoms with E-state index in [1.54, 1.807) is 21.3 Å². The Morgan fingerprint density at radius 1 is 1.03 bits per heavy atom. The number of rotatable bonds is 8. The fourth-order valence-corrected chi connectivity index (χ4v) is 3.43. The molecule has 0 aromatic heterocycles. The van der Waals surface area contributed by atoms with E-state index >= 15 is 0 Å². The molecule has 31 heavy (non-hydrogen) atoms. The number of nitrogens with one attached hydrogen (secondary N) is 1. The lowest BCUT2D eigenvalue weighted by Crippen LogP contribution is -2.40. The summed E-state index contributed by atoms with van der Waals surface area (Å²) >= 11 is 0. The maximum atomic E-state index is 6.17. The fourth-order valence-electron chi connectivity index (χ4n) is 3.43. The van der Waals surface area contributed by atoms with Gasteiger partial charge >= 0.3 is 0 Å². The molecular weight excluding hydrogens is 511 g/mol. The number of halogens is 1. The van der Waals surface area contributed by atoms with Gasteiger partial charge in [0.1, 0.15) is 5.75 Å². The summed E-state index contributed by atoms with van der Waals surface area (Å²) in [6, 6.07) is 13.7. The number of morpholine rings is 1. The molecule has 0 spiro atoms. The van der Waals surface area contributed by atoms with Crippen LogP contribution in [0.25, 0.3) is 0 Å². The third-order valence-electron chi connectivity index (χ3n) is 5.08. The van der Waals surface area contributed by atoms with Gasteiger partial charge in [0.05, 0.1) is 47.1 Å². The topological polar surface area (TPSA) is 90.6 Å². The molecule has 1 atom stereocenters. The maximum Gasteiger partial charge on any atom is 0.193 e. The van der Waals surface area contributed by atoms with Crippen molar-refractivity contribution >= 4 is 35.6 Å². The first-order chi connectivity index (χ1) is 14.6. The summed E-state index contributed by atoms with van der Waals surface area (Å²) in [5.74, 6) is 2.46. The van der Waals surface area contributed by atoms with Crippen LogP contribution in [0.2, 0.25) is 0 Å². The van der Waals surface area contributed by atoms with Crippen LogP contribution in [0, 0.1) is 0 Å². The number of hydrogen-bond acceptors (Lipinski definition) is 6. The first-order valence-electron chi connectivity index (χ1n) is 9.89. The zero-order chi connectivity index (χ0) is 21.3. The summed E-state index contributed by atoms with van der Waals surface area (Å²) in [6.45, 7) is 3.67. The Hall–Kier alpha value is -2.24. The zero-order valence-corrected chi connectivity index (χ0v) is 20.5. The summed E-state index contributed by atoms with van der Waals surface area (Å²) in [5, 5.41) is 3.12. The average molecular weight is 542 g/mol. The third-order valence-corrected chi connectivity index (χ3v) is 5.08. The largest absolute Gasteiger partial charge is 0.497 e. The summed E-state index contributed by atoms with van der Waals surface area (Å²) in [6.07, 6.45) is 0. The van der Waals surface area contributed by atoms with Gasteiger partial charge in [0.15, 0.2) is 17.5 Å². The van der Waals surface area contributed by atoms with Crippen molar-refractivity contribution in [1.29, 1.82) is 0 Å². The van der Waals surface area contributed by atoms with Gasteiger partial charge < -0.3 is 30.0 Å². The van der Waals surface area contributed by atoms with Crippen LogP contribution in [0.1, 0.15) is 11.6 Å². The van der Waals surface area contributed by atoms with Crippen molar-refractivity contribution in [3.05, 3.63) is 48.0 Å². The Bertz CT molecular complexity index is 842. The number of hydrogen-bond donors (Lipinski definition) is 2. The highest BCUT2D eigenvalue weighted by atomic mass is 127. The van der Waals surface area contributed by atoms with Crippen LogP contribution >= 0.6 is 24.0 Å². The van der Waals surface area contributed by atoms with E-state index in [0.29, 0.717) is 24.0 Å². The Morgan fingerprint density at radius 3 is 2.32 bits per heavy atom. The third kappa shape index (κ3) is 6.88. The molecule has 3 N–H and O–H groups in total. The predicted molar refractivity (Wildman–Crippen MR) is 133 cm³/mol. The second kappa shape index (κ2) is 12.6. The Balaban J connectivity index is 0.00000341. The summed E-state index contributed by atoms with van der Waals surface area (Å²) in [5.41, 5.74) is 8.12. The molecule has 1 aliphatic rings. The van der Waals surface area contributed by atoms with Crippen LogP contribution < -0.4 is 25.3 Å². The van der Waals surface area contributed by atoms with E-state index in [0.717, 1.165) is 37.7 Å². The van der Waals surface area contributed by atoms with Crippen molar-refractivity contribution in [2.24, 2.45) is 10.7 Å². The minimum Gasteiger partial charge on any atom is -0.497 e. The molecule has 1 aliphatic heterocycles. The number of aliphatic imine (C=N–C) groups is 1. The predicted octanol–water partition coefficient (Wildman–Crippen LogP) is 3.13. The molecule has 2 aromatic carbocycles. The van der Waals surface area contributed by atoms with Gasteiger partial charge in [-0.2, -0.15) is 0 Å². The van der Waals surface area contributed by atoms with Crippen molar-refractivity contribution in [2.75, 3.05) is 59.5 Å². The van der Waals surface area contributed by atoms with Gasteiger partial charge in [0, 0.05) is 24.8 Å². The standard InChI is InChI=1S/C22H30N4O4.HI/c1-27-18-7-4-16(5-8-18)19(26-10-12-30-13-11-26)15-24-22(23)25-17-6-9-20(28-2)21(14-17)29-3;/h4-9,14,19H,10-13,15H2,1-3H3,(H3,23,24,25);1H. The van der Waals surface area contributed by atoms with E-state index in [9.17, 15) is 0 Å². The van der Waals surface area contributed by atoms with Crippen LogP contribution in [0.4, 0.5) is 5.69 Å². The summed E-state index contributed by atoms with van der Waals surface area (Å²) in [4.78, 5) is 6.98. The molecule has 1 unspecified atom stereocenters. The van der Waals surface area contributed by atoms with Gasteiger partial charge in [-0.1, -0.05) is 12.1 Å². The van der Waals surface area contributed by atoms with Crippen LogP contribution in [0.5, 0.6) is 17.2 Å². The first kappa shape index (κ1) is 25.0. The van der Waals surface area contributed by atoms with Crippen molar-refractivity contribution in [3.63, 3.8) is 0 Å². The van der Waals surface area contributed by atoms with Crippen molar-refractivity contribution < 1.29 is 18.9 Å². The van der Waals surface area contributed by atoms with Gasteiger partial charge in [-0.05, 0) is 29.8 Å². The van der Waals surface area contributed by atoms with Gasteiger partial charge in [0.2, 0.25) is 0 Å². The van der Waals surface area contributed by atoms with Gasteiger partial charge in [-0.3, -0.25) is 9.89 Å². The fraction of sp³-hybridized carbons (Fsp3) is 0.409. The summed E-state index contributed by atoms with van der Waals surface area (Å²) < 4.78 is 21.4. The second-order valence-corrected chi connectivity index (χ2v) is 6.86. The first-order valence-corrected chi connectivity index (χ1v) is 9.89. The van der Waals surface area contributed by atoms with E-state index in [1.165, 1.54) is 5.56 Å². The number of benzene rings is 2. The van der Waals surface area contributed by atoms with E-state index in [2.05, 4.69) is 27.3 Å². The molecule has 9 heteroatoms. The van der Waals surface area contributed by atoms with Gasteiger partial charge in [0.25, 0.3) is 0 Å². The molecule has 0 amide bonds. The number of nitrogens with two attached hydrogens (primary N) is 1. The number of ether oxygens (including phenoxy) is 4.